The third-order valence-corrected chi connectivity index (χ3v) is 12.3. The van der Waals surface area contributed by atoms with Crippen LogP contribution in [0.3, 0.4) is 0 Å². The summed E-state index contributed by atoms with van der Waals surface area (Å²) >= 11 is 0. The number of hydrogen-bond acceptors (Lipinski definition) is 4. The van der Waals surface area contributed by atoms with Gasteiger partial charge < -0.3 is 20.6 Å². The van der Waals surface area contributed by atoms with E-state index in [2.05, 4.69) is 31.3 Å². The number of carbonyl (C=O) groups excluding carboxylic acids is 1. The molecule has 0 saturated carbocycles. The Morgan fingerprint density at radius 1 is 0.414 bits per heavy atom. The van der Waals surface area contributed by atoms with Crippen LogP contribution in [0.1, 0.15) is 284 Å². The van der Waals surface area contributed by atoms with Crippen LogP contribution in [0.25, 0.3) is 0 Å². The number of amides is 1. The minimum Gasteiger partial charge on any atom is -0.394 e. The second-order valence-electron chi connectivity index (χ2n) is 18.1. The second-order valence-corrected chi connectivity index (χ2v) is 18.1. The van der Waals surface area contributed by atoms with E-state index in [1.54, 1.807) is 6.08 Å². The third kappa shape index (κ3) is 42.9. The van der Waals surface area contributed by atoms with Crippen molar-refractivity contribution in [3.63, 3.8) is 0 Å². The molecule has 0 fully saturated rings. The van der Waals surface area contributed by atoms with E-state index in [0.717, 1.165) is 32.1 Å². The molecule has 1 amide bonds. The molecule has 0 heterocycles. The molecule has 344 valence electrons. The summed E-state index contributed by atoms with van der Waals surface area (Å²) in [6.07, 6.45) is 60.9. The number of aliphatic hydroxyl groups is 3. The zero-order valence-corrected chi connectivity index (χ0v) is 39.2. The van der Waals surface area contributed by atoms with Gasteiger partial charge in [-0.1, -0.05) is 263 Å². The largest absolute Gasteiger partial charge is 0.394 e. The molecule has 4 N–H and O–H groups in total. The number of carbonyl (C=O) groups is 1. The van der Waals surface area contributed by atoms with Gasteiger partial charge in [0.25, 0.3) is 0 Å². The predicted octanol–water partition coefficient (Wildman–Crippen LogP) is 15.7. The fourth-order valence-electron chi connectivity index (χ4n) is 8.18. The Kier molecular flexibility index (Phi) is 47.5. The summed E-state index contributed by atoms with van der Waals surface area (Å²) in [7, 11) is 0. The molecule has 0 saturated heterocycles. The van der Waals surface area contributed by atoms with Crippen molar-refractivity contribution in [2.24, 2.45) is 0 Å². The fraction of sp³-hybridized carbons (Fsp3) is 0.906. The van der Waals surface area contributed by atoms with Gasteiger partial charge in [-0.3, -0.25) is 4.79 Å². The van der Waals surface area contributed by atoms with Gasteiger partial charge in [0.15, 0.2) is 0 Å². The van der Waals surface area contributed by atoms with Gasteiger partial charge in [0.2, 0.25) is 5.91 Å². The SMILES string of the molecule is CCCCCCCCCCCC/C=C\CCCCCCCCC(O)C(=O)NC(CO)C(O)/C=C/CCCCCCCCCCCCCCCCCCCCCCCC. The number of hydrogen-bond donors (Lipinski definition) is 4. The van der Waals surface area contributed by atoms with E-state index < -0.39 is 24.2 Å². The molecule has 3 unspecified atom stereocenters. The minimum atomic E-state index is -1.10. The molecular weight excluding hydrogens is 715 g/mol. The van der Waals surface area contributed by atoms with Crippen LogP contribution in [0.5, 0.6) is 0 Å². The van der Waals surface area contributed by atoms with Crippen molar-refractivity contribution >= 4 is 5.91 Å². The number of nitrogens with one attached hydrogen (secondary N) is 1. The molecule has 0 aromatic carbocycles. The van der Waals surface area contributed by atoms with Crippen molar-refractivity contribution in [3.8, 4) is 0 Å². The maximum atomic E-state index is 12.5. The summed E-state index contributed by atoms with van der Waals surface area (Å²) in [4.78, 5) is 12.5. The average Bonchev–Trinajstić information content (AvgIpc) is 3.23. The lowest BCUT2D eigenvalue weighted by molar-refractivity contribution is -0.131. The van der Waals surface area contributed by atoms with Crippen LogP contribution in [0, 0.1) is 0 Å². The van der Waals surface area contributed by atoms with E-state index in [-0.39, 0.29) is 6.61 Å². The van der Waals surface area contributed by atoms with Gasteiger partial charge in [-0.2, -0.15) is 0 Å². The molecule has 0 aliphatic rings. The molecule has 0 bridgehead atoms. The number of allylic oxidation sites excluding steroid dienone is 3. The van der Waals surface area contributed by atoms with Gasteiger partial charge in [0.05, 0.1) is 18.8 Å². The van der Waals surface area contributed by atoms with Gasteiger partial charge in [-0.05, 0) is 44.9 Å². The molecular formula is C53H103NO4. The monoisotopic (exact) mass is 818 g/mol. The van der Waals surface area contributed by atoms with Crippen molar-refractivity contribution in [2.75, 3.05) is 6.61 Å². The van der Waals surface area contributed by atoms with Gasteiger partial charge >= 0.3 is 0 Å². The van der Waals surface area contributed by atoms with Crippen molar-refractivity contribution in [2.45, 2.75) is 302 Å². The van der Waals surface area contributed by atoms with E-state index in [1.807, 2.05) is 6.08 Å². The Bertz CT molecular complexity index is 859. The quantitative estimate of drug-likeness (QED) is 0.0364. The Hall–Kier alpha value is -1.17. The van der Waals surface area contributed by atoms with Crippen LogP contribution >= 0.6 is 0 Å². The van der Waals surface area contributed by atoms with Gasteiger partial charge in [0.1, 0.15) is 6.10 Å². The van der Waals surface area contributed by atoms with E-state index in [0.29, 0.717) is 6.42 Å². The lowest BCUT2D eigenvalue weighted by Gasteiger charge is -2.21. The first-order chi connectivity index (χ1) is 28.6. The highest BCUT2D eigenvalue weighted by molar-refractivity contribution is 5.80. The number of aliphatic hydroxyl groups excluding tert-OH is 3. The van der Waals surface area contributed by atoms with Crippen molar-refractivity contribution < 1.29 is 20.1 Å². The van der Waals surface area contributed by atoms with Gasteiger partial charge in [0, 0.05) is 0 Å². The molecule has 0 aliphatic carbocycles. The molecule has 3 atom stereocenters. The van der Waals surface area contributed by atoms with Crippen molar-refractivity contribution in [1.82, 2.24) is 5.32 Å². The van der Waals surface area contributed by atoms with E-state index in [4.69, 9.17) is 0 Å². The van der Waals surface area contributed by atoms with Crippen LogP contribution < -0.4 is 5.32 Å². The first-order valence-corrected chi connectivity index (χ1v) is 26.2. The minimum absolute atomic E-state index is 0.363. The van der Waals surface area contributed by atoms with E-state index >= 15 is 0 Å². The maximum absolute atomic E-state index is 12.5. The third-order valence-electron chi connectivity index (χ3n) is 12.3. The first kappa shape index (κ1) is 56.8. The predicted molar refractivity (Wildman–Crippen MR) is 255 cm³/mol. The topological polar surface area (TPSA) is 89.8 Å². The highest BCUT2D eigenvalue weighted by Crippen LogP contribution is 2.17. The summed E-state index contributed by atoms with van der Waals surface area (Å²) < 4.78 is 0. The summed E-state index contributed by atoms with van der Waals surface area (Å²) in [5, 5.41) is 33.3. The van der Waals surface area contributed by atoms with Crippen molar-refractivity contribution in [1.29, 1.82) is 0 Å². The normalized spacial score (nSPS) is 13.5. The molecule has 5 nitrogen and oxygen atoms in total. The highest BCUT2D eigenvalue weighted by atomic mass is 16.3. The van der Waals surface area contributed by atoms with Crippen LogP contribution in [-0.2, 0) is 4.79 Å². The van der Waals surface area contributed by atoms with Crippen LogP contribution in [0.2, 0.25) is 0 Å². The van der Waals surface area contributed by atoms with Crippen LogP contribution in [-0.4, -0.2) is 46.1 Å². The summed E-state index contributed by atoms with van der Waals surface area (Å²) in [5.74, 6) is -0.504. The molecule has 0 aliphatic heterocycles. The second kappa shape index (κ2) is 48.5. The first-order valence-electron chi connectivity index (χ1n) is 26.2. The van der Waals surface area contributed by atoms with Crippen molar-refractivity contribution in [3.05, 3.63) is 24.3 Å². The zero-order chi connectivity index (χ0) is 42.3. The fourth-order valence-corrected chi connectivity index (χ4v) is 8.18. The Morgan fingerprint density at radius 2 is 0.690 bits per heavy atom. The number of unbranched alkanes of at least 4 members (excludes halogenated alkanes) is 38. The summed E-state index contributed by atoms with van der Waals surface area (Å²) in [6.45, 7) is 4.21. The molecule has 0 radical (unpaired) electrons. The smallest absolute Gasteiger partial charge is 0.249 e. The molecule has 0 aromatic rings. The Balaban J connectivity index is 3.60. The molecule has 5 heteroatoms. The molecule has 0 aromatic heterocycles. The van der Waals surface area contributed by atoms with Crippen LogP contribution in [0.4, 0.5) is 0 Å². The highest BCUT2D eigenvalue weighted by Gasteiger charge is 2.22. The summed E-state index contributed by atoms with van der Waals surface area (Å²) in [6, 6.07) is -0.799. The maximum Gasteiger partial charge on any atom is 0.249 e. The van der Waals surface area contributed by atoms with E-state index in [9.17, 15) is 20.1 Å². The average molecular weight is 818 g/mol. The Morgan fingerprint density at radius 3 is 1.00 bits per heavy atom. The zero-order valence-electron chi connectivity index (χ0n) is 39.2. The summed E-state index contributed by atoms with van der Waals surface area (Å²) in [5.41, 5.74) is 0. The van der Waals surface area contributed by atoms with Gasteiger partial charge in [-0.25, -0.2) is 0 Å². The van der Waals surface area contributed by atoms with Crippen LogP contribution in [0.15, 0.2) is 24.3 Å². The lowest BCUT2D eigenvalue weighted by Crippen LogP contribution is -2.48. The standard InChI is InChI=1S/C53H103NO4/c1-3-5-7-9-11-13-15-17-19-21-23-25-26-27-28-30-31-33-35-37-39-41-43-45-47-51(56)50(49-55)54-53(58)52(57)48-46-44-42-40-38-36-34-32-29-24-22-20-18-16-14-12-10-8-6-4-2/h29,32,45,47,50-52,55-57H,3-28,30-31,33-44,46,48-49H2,1-2H3,(H,54,58)/b32-29-,47-45+. The lowest BCUT2D eigenvalue weighted by atomic mass is 10.0. The molecule has 0 rings (SSSR count). The Labute approximate surface area is 362 Å². The van der Waals surface area contributed by atoms with Gasteiger partial charge in [-0.15, -0.1) is 0 Å². The van der Waals surface area contributed by atoms with E-state index in [1.165, 1.54) is 231 Å². The molecule has 58 heavy (non-hydrogen) atoms. The molecule has 0 spiro atoms. The number of rotatable bonds is 48.